The summed E-state index contributed by atoms with van der Waals surface area (Å²) in [7, 11) is 0. The van der Waals surface area contributed by atoms with Gasteiger partial charge in [0.1, 0.15) is 11.6 Å². The van der Waals surface area contributed by atoms with Crippen molar-refractivity contribution in [1.29, 1.82) is 0 Å². The van der Waals surface area contributed by atoms with Crippen LogP contribution in [0.2, 0.25) is 0 Å². The molecule has 2 atom stereocenters. The van der Waals surface area contributed by atoms with Crippen molar-refractivity contribution in [3.8, 4) is 0 Å². The molecule has 0 spiro atoms. The molecule has 0 amide bonds. The van der Waals surface area contributed by atoms with Crippen LogP contribution in [0.15, 0.2) is 6.07 Å². The molecule has 0 saturated carbocycles. The van der Waals surface area contributed by atoms with Crippen molar-refractivity contribution < 1.29 is 4.74 Å². The number of hydrogen-bond acceptors (Lipinski definition) is 6. The van der Waals surface area contributed by atoms with Gasteiger partial charge in [-0.2, -0.15) is 9.97 Å². The monoisotopic (exact) mass is 237 g/mol. The summed E-state index contributed by atoms with van der Waals surface area (Å²) in [5.74, 6) is 1.77. The molecule has 2 heterocycles. The fourth-order valence-electron chi connectivity index (χ4n) is 1.92. The standard InChI is InChI=1S/C11H19N5O/c1-3-13-9-6-10(16-11(12)15-9)14-8-4-5-17-7(8)2/h6-8H,3-5H2,1-2H3,(H4,12,13,14,15,16). The van der Waals surface area contributed by atoms with E-state index < -0.39 is 0 Å². The molecule has 0 radical (unpaired) electrons. The van der Waals surface area contributed by atoms with Gasteiger partial charge in [0.25, 0.3) is 0 Å². The van der Waals surface area contributed by atoms with E-state index in [9.17, 15) is 0 Å². The lowest BCUT2D eigenvalue weighted by Crippen LogP contribution is -2.27. The zero-order chi connectivity index (χ0) is 12.3. The van der Waals surface area contributed by atoms with Crippen LogP contribution in [0.3, 0.4) is 0 Å². The zero-order valence-electron chi connectivity index (χ0n) is 10.2. The fraction of sp³-hybridized carbons (Fsp3) is 0.636. The van der Waals surface area contributed by atoms with Gasteiger partial charge >= 0.3 is 0 Å². The lowest BCUT2D eigenvalue weighted by molar-refractivity contribution is 0.121. The lowest BCUT2D eigenvalue weighted by Gasteiger charge is -2.17. The molecule has 4 N–H and O–H groups in total. The number of ether oxygens (including phenoxy) is 1. The molecule has 1 aromatic heterocycles. The van der Waals surface area contributed by atoms with E-state index in [0.717, 1.165) is 31.2 Å². The summed E-state index contributed by atoms with van der Waals surface area (Å²) in [6.07, 6.45) is 1.19. The van der Waals surface area contributed by atoms with Crippen molar-refractivity contribution in [3.63, 3.8) is 0 Å². The second-order valence-corrected chi connectivity index (χ2v) is 4.14. The molecular weight excluding hydrogens is 218 g/mol. The summed E-state index contributed by atoms with van der Waals surface area (Å²) in [4.78, 5) is 8.28. The number of anilines is 3. The minimum atomic E-state index is 0.203. The summed E-state index contributed by atoms with van der Waals surface area (Å²) < 4.78 is 5.49. The van der Waals surface area contributed by atoms with E-state index in [2.05, 4.69) is 27.5 Å². The van der Waals surface area contributed by atoms with Gasteiger partial charge in [-0.1, -0.05) is 0 Å². The number of rotatable bonds is 4. The van der Waals surface area contributed by atoms with Gasteiger partial charge in [0, 0.05) is 19.2 Å². The first kappa shape index (κ1) is 11.9. The van der Waals surface area contributed by atoms with Crippen molar-refractivity contribution in [2.75, 3.05) is 29.5 Å². The molecule has 1 saturated heterocycles. The van der Waals surface area contributed by atoms with Crippen molar-refractivity contribution in [1.82, 2.24) is 9.97 Å². The van der Waals surface area contributed by atoms with Crippen LogP contribution in [0.5, 0.6) is 0 Å². The third kappa shape index (κ3) is 2.97. The van der Waals surface area contributed by atoms with Crippen molar-refractivity contribution >= 4 is 17.6 Å². The van der Waals surface area contributed by atoms with Crippen LogP contribution < -0.4 is 16.4 Å². The summed E-state index contributed by atoms with van der Waals surface area (Å²) >= 11 is 0. The molecule has 0 aliphatic carbocycles. The molecule has 0 bridgehead atoms. The maximum Gasteiger partial charge on any atom is 0.223 e. The van der Waals surface area contributed by atoms with Gasteiger partial charge in [0.2, 0.25) is 5.95 Å². The minimum Gasteiger partial charge on any atom is -0.376 e. The first-order chi connectivity index (χ1) is 8.19. The highest BCUT2D eigenvalue weighted by atomic mass is 16.5. The summed E-state index contributed by atoms with van der Waals surface area (Å²) in [6, 6.07) is 2.16. The molecule has 1 aliphatic rings. The normalized spacial score (nSPS) is 23.6. The number of hydrogen-bond donors (Lipinski definition) is 3. The largest absolute Gasteiger partial charge is 0.376 e. The van der Waals surface area contributed by atoms with Crippen LogP contribution in [0, 0.1) is 0 Å². The number of nitrogens with one attached hydrogen (secondary N) is 2. The molecule has 17 heavy (non-hydrogen) atoms. The highest BCUT2D eigenvalue weighted by molar-refractivity contribution is 5.51. The van der Waals surface area contributed by atoms with Gasteiger partial charge in [-0.15, -0.1) is 0 Å². The van der Waals surface area contributed by atoms with Gasteiger partial charge in [0.05, 0.1) is 12.1 Å². The molecule has 2 rings (SSSR count). The number of nitrogens with zero attached hydrogens (tertiary/aromatic N) is 2. The van der Waals surface area contributed by atoms with Crippen LogP contribution in [-0.4, -0.2) is 35.3 Å². The van der Waals surface area contributed by atoms with Gasteiger partial charge in [-0.05, 0) is 20.3 Å². The second kappa shape index (κ2) is 5.18. The average Bonchev–Trinajstić information content (AvgIpc) is 2.64. The van der Waals surface area contributed by atoms with E-state index in [1.807, 2.05) is 13.0 Å². The Balaban J connectivity index is 2.09. The van der Waals surface area contributed by atoms with Crippen LogP contribution in [0.1, 0.15) is 20.3 Å². The molecule has 2 unspecified atom stereocenters. The highest BCUT2D eigenvalue weighted by Crippen LogP contribution is 2.19. The van der Waals surface area contributed by atoms with E-state index in [4.69, 9.17) is 10.5 Å². The van der Waals surface area contributed by atoms with Gasteiger partial charge < -0.3 is 21.1 Å². The Morgan fingerprint density at radius 3 is 2.88 bits per heavy atom. The third-order valence-corrected chi connectivity index (χ3v) is 2.81. The number of nitrogen functional groups attached to an aromatic ring is 1. The second-order valence-electron chi connectivity index (χ2n) is 4.14. The Labute approximate surface area is 101 Å². The topological polar surface area (TPSA) is 85.1 Å². The molecule has 6 nitrogen and oxygen atoms in total. The van der Waals surface area contributed by atoms with E-state index >= 15 is 0 Å². The van der Waals surface area contributed by atoms with Crippen LogP contribution >= 0.6 is 0 Å². The van der Waals surface area contributed by atoms with Crippen LogP contribution in [0.25, 0.3) is 0 Å². The van der Waals surface area contributed by atoms with Gasteiger partial charge in [-0.25, -0.2) is 0 Å². The first-order valence-corrected chi connectivity index (χ1v) is 5.95. The summed E-state index contributed by atoms with van der Waals surface area (Å²) in [5.41, 5.74) is 5.67. The minimum absolute atomic E-state index is 0.203. The van der Waals surface area contributed by atoms with Crippen molar-refractivity contribution in [3.05, 3.63) is 6.07 Å². The SMILES string of the molecule is CCNc1cc(NC2CCOC2C)nc(N)n1. The van der Waals surface area contributed by atoms with E-state index in [-0.39, 0.29) is 12.1 Å². The Morgan fingerprint density at radius 2 is 2.24 bits per heavy atom. The average molecular weight is 237 g/mol. The summed E-state index contributed by atoms with van der Waals surface area (Å²) in [5, 5.41) is 6.46. The van der Waals surface area contributed by atoms with E-state index in [1.165, 1.54) is 0 Å². The van der Waals surface area contributed by atoms with Crippen LogP contribution in [0.4, 0.5) is 17.6 Å². The zero-order valence-corrected chi connectivity index (χ0v) is 10.2. The van der Waals surface area contributed by atoms with E-state index in [1.54, 1.807) is 0 Å². The van der Waals surface area contributed by atoms with Crippen molar-refractivity contribution in [2.24, 2.45) is 0 Å². The molecule has 1 fully saturated rings. The maximum absolute atomic E-state index is 5.67. The quantitative estimate of drug-likeness (QED) is 0.726. The lowest BCUT2D eigenvalue weighted by atomic mass is 10.1. The molecule has 1 aliphatic heterocycles. The first-order valence-electron chi connectivity index (χ1n) is 5.95. The Hall–Kier alpha value is -1.56. The van der Waals surface area contributed by atoms with Crippen molar-refractivity contribution in [2.45, 2.75) is 32.4 Å². The Morgan fingerprint density at radius 1 is 1.47 bits per heavy atom. The third-order valence-electron chi connectivity index (χ3n) is 2.81. The number of nitrogens with two attached hydrogens (primary N) is 1. The Bertz CT molecular complexity index is 384. The highest BCUT2D eigenvalue weighted by Gasteiger charge is 2.24. The van der Waals surface area contributed by atoms with E-state index in [0.29, 0.717) is 6.04 Å². The fourth-order valence-corrected chi connectivity index (χ4v) is 1.92. The summed E-state index contributed by atoms with van der Waals surface area (Å²) in [6.45, 7) is 5.66. The molecular formula is C11H19N5O. The molecule has 1 aromatic rings. The van der Waals surface area contributed by atoms with Gasteiger partial charge in [-0.3, -0.25) is 0 Å². The number of aromatic nitrogens is 2. The smallest absolute Gasteiger partial charge is 0.223 e. The molecule has 6 heteroatoms. The molecule has 0 aromatic carbocycles. The van der Waals surface area contributed by atoms with Gasteiger partial charge in [0.15, 0.2) is 0 Å². The predicted octanol–water partition coefficient (Wildman–Crippen LogP) is 1.08. The van der Waals surface area contributed by atoms with Crippen LogP contribution in [-0.2, 0) is 4.74 Å². The Kier molecular flexibility index (Phi) is 3.63. The molecule has 94 valence electrons. The predicted molar refractivity (Wildman–Crippen MR) is 68.0 cm³/mol. The maximum atomic E-state index is 5.67.